The first-order chi connectivity index (χ1) is 9.25. The molecule has 100 valence electrons. The average Bonchev–Trinajstić information content (AvgIpc) is 2.40. The number of hydrogen-bond donors (Lipinski definition) is 1. The summed E-state index contributed by atoms with van der Waals surface area (Å²) in [5.41, 5.74) is 6.40. The smallest absolute Gasteiger partial charge is 0.142 e. The Kier molecular flexibility index (Phi) is 4.86. The van der Waals surface area contributed by atoms with Crippen LogP contribution in [0.3, 0.4) is 0 Å². The Morgan fingerprint density at radius 1 is 1.11 bits per heavy atom. The van der Waals surface area contributed by atoms with Gasteiger partial charge in [0.1, 0.15) is 11.5 Å². The van der Waals surface area contributed by atoms with Gasteiger partial charge in [-0.05, 0) is 12.1 Å². The first kappa shape index (κ1) is 13.5. The van der Waals surface area contributed by atoms with Crippen molar-refractivity contribution < 1.29 is 9.47 Å². The molecule has 0 spiro atoms. The normalized spacial score (nSPS) is 10.2. The van der Waals surface area contributed by atoms with Gasteiger partial charge in [0, 0.05) is 18.7 Å². The van der Waals surface area contributed by atoms with Gasteiger partial charge < -0.3 is 15.2 Å². The van der Waals surface area contributed by atoms with Gasteiger partial charge in [-0.2, -0.15) is 0 Å². The molecule has 0 aliphatic rings. The number of nitrogens with zero attached hydrogens (tertiary/aromatic N) is 1. The predicted octanol–water partition coefficient (Wildman–Crippen LogP) is 3.17. The molecule has 2 rings (SSSR count). The fraction of sp³-hybridized carbons (Fsp3) is 0.214. The van der Waals surface area contributed by atoms with Gasteiger partial charge in [0.25, 0.3) is 0 Å². The van der Waals surface area contributed by atoms with E-state index in [1.165, 1.54) is 0 Å². The third-order valence-corrected chi connectivity index (χ3v) is 2.62. The average molecular weight is 279 g/mol. The van der Waals surface area contributed by atoms with Crippen LogP contribution in [0.15, 0.2) is 42.7 Å². The van der Waals surface area contributed by atoms with E-state index in [9.17, 15) is 0 Å². The van der Waals surface area contributed by atoms with Crippen LogP contribution < -0.4 is 15.2 Å². The standard InChI is InChI=1S/C14H15ClN2O2/c15-11-8-12(10-17-9-11)18-6-3-7-19-14-5-2-1-4-13(14)16/h1-2,4-5,8-10H,3,6-7,16H2. The molecule has 1 heterocycles. The van der Waals surface area contributed by atoms with Crippen LogP contribution in [-0.2, 0) is 0 Å². The number of ether oxygens (including phenoxy) is 2. The van der Waals surface area contributed by atoms with Crippen molar-refractivity contribution in [3.05, 3.63) is 47.7 Å². The summed E-state index contributed by atoms with van der Waals surface area (Å²) in [6.07, 6.45) is 3.94. The highest BCUT2D eigenvalue weighted by atomic mass is 35.5. The summed E-state index contributed by atoms with van der Waals surface area (Å²) >= 11 is 5.80. The fourth-order valence-electron chi connectivity index (χ4n) is 1.51. The number of nitrogen functional groups attached to an aromatic ring is 1. The second-order valence-corrected chi connectivity index (χ2v) is 4.36. The van der Waals surface area contributed by atoms with Crippen molar-refractivity contribution in [3.63, 3.8) is 0 Å². The Balaban J connectivity index is 1.69. The van der Waals surface area contributed by atoms with Gasteiger partial charge in [0.2, 0.25) is 0 Å². The van der Waals surface area contributed by atoms with Crippen molar-refractivity contribution in [2.75, 3.05) is 18.9 Å². The van der Waals surface area contributed by atoms with Gasteiger partial charge in [-0.3, -0.25) is 4.98 Å². The van der Waals surface area contributed by atoms with Gasteiger partial charge in [-0.25, -0.2) is 0 Å². The van der Waals surface area contributed by atoms with Crippen LogP contribution in [0, 0.1) is 0 Å². The lowest BCUT2D eigenvalue weighted by molar-refractivity contribution is 0.247. The van der Waals surface area contributed by atoms with E-state index < -0.39 is 0 Å². The molecule has 0 radical (unpaired) electrons. The largest absolute Gasteiger partial charge is 0.492 e. The molecular formula is C14H15ClN2O2. The van der Waals surface area contributed by atoms with Gasteiger partial charge in [-0.15, -0.1) is 0 Å². The molecule has 19 heavy (non-hydrogen) atoms. The molecule has 0 saturated heterocycles. The summed E-state index contributed by atoms with van der Waals surface area (Å²) in [5.74, 6) is 1.36. The molecule has 1 aromatic carbocycles. The summed E-state index contributed by atoms with van der Waals surface area (Å²) in [6.45, 7) is 1.08. The van der Waals surface area contributed by atoms with Gasteiger partial charge in [0.05, 0.1) is 30.1 Å². The molecule has 2 aromatic rings. The topological polar surface area (TPSA) is 57.4 Å². The molecule has 0 aliphatic heterocycles. The van der Waals surface area contributed by atoms with E-state index in [-0.39, 0.29) is 0 Å². The van der Waals surface area contributed by atoms with Crippen LogP contribution >= 0.6 is 11.6 Å². The number of rotatable bonds is 6. The van der Waals surface area contributed by atoms with Crippen molar-refractivity contribution in [2.24, 2.45) is 0 Å². The van der Waals surface area contributed by atoms with E-state index in [2.05, 4.69) is 4.98 Å². The minimum atomic E-state index is 0.536. The number of benzene rings is 1. The highest BCUT2D eigenvalue weighted by Gasteiger charge is 1.99. The highest BCUT2D eigenvalue weighted by molar-refractivity contribution is 6.30. The summed E-state index contributed by atoms with van der Waals surface area (Å²) in [7, 11) is 0. The third-order valence-electron chi connectivity index (χ3n) is 2.41. The van der Waals surface area contributed by atoms with E-state index in [1.807, 2.05) is 24.3 Å². The summed E-state index contributed by atoms with van der Waals surface area (Å²) in [6, 6.07) is 9.14. The molecule has 0 saturated carbocycles. The molecular weight excluding hydrogens is 264 g/mol. The van der Waals surface area contributed by atoms with Crippen LogP contribution in [0.1, 0.15) is 6.42 Å². The third kappa shape index (κ3) is 4.34. The molecule has 0 bridgehead atoms. The van der Waals surface area contributed by atoms with E-state index in [0.29, 0.717) is 35.4 Å². The number of aromatic nitrogens is 1. The Hall–Kier alpha value is -1.94. The zero-order valence-corrected chi connectivity index (χ0v) is 11.1. The quantitative estimate of drug-likeness (QED) is 0.651. The van der Waals surface area contributed by atoms with Crippen LogP contribution in [0.4, 0.5) is 5.69 Å². The van der Waals surface area contributed by atoms with Gasteiger partial charge in [-0.1, -0.05) is 23.7 Å². The van der Waals surface area contributed by atoms with E-state index in [0.717, 1.165) is 6.42 Å². The first-order valence-electron chi connectivity index (χ1n) is 5.96. The Labute approximate surface area is 117 Å². The molecule has 1 aromatic heterocycles. The number of para-hydroxylation sites is 2. The molecule has 0 unspecified atom stereocenters. The van der Waals surface area contributed by atoms with Crippen molar-refractivity contribution in [3.8, 4) is 11.5 Å². The number of halogens is 1. The molecule has 5 heteroatoms. The van der Waals surface area contributed by atoms with Crippen molar-refractivity contribution in [1.29, 1.82) is 0 Å². The van der Waals surface area contributed by atoms with E-state index >= 15 is 0 Å². The summed E-state index contributed by atoms with van der Waals surface area (Å²) in [4.78, 5) is 3.94. The second-order valence-electron chi connectivity index (χ2n) is 3.93. The molecule has 0 amide bonds. The minimum absolute atomic E-state index is 0.536. The maximum atomic E-state index is 5.80. The molecule has 0 aliphatic carbocycles. The first-order valence-corrected chi connectivity index (χ1v) is 6.34. The predicted molar refractivity (Wildman–Crippen MR) is 75.7 cm³/mol. The SMILES string of the molecule is Nc1ccccc1OCCCOc1cncc(Cl)c1. The zero-order valence-electron chi connectivity index (χ0n) is 10.4. The summed E-state index contributed by atoms with van der Waals surface area (Å²) in [5, 5.41) is 0.561. The monoisotopic (exact) mass is 278 g/mol. The molecule has 4 nitrogen and oxygen atoms in total. The lowest BCUT2D eigenvalue weighted by atomic mass is 10.3. The Morgan fingerprint density at radius 2 is 1.89 bits per heavy atom. The van der Waals surface area contributed by atoms with E-state index in [1.54, 1.807) is 18.5 Å². The van der Waals surface area contributed by atoms with Crippen LogP contribution in [-0.4, -0.2) is 18.2 Å². The number of anilines is 1. The van der Waals surface area contributed by atoms with Gasteiger partial charge in [0.15, 0.2) is 0 Å². The number of nitrogens with two attached hydrogens (primary N) is 1. The van der Waals surface area contributed by atoms with Crippen molar-refractivity contribution in [2.45, 2.75) is 6.42 Å². The molecule has 0 fully saturated rings. The Morgan fingerprint density at radius 3 is 2.68 bits per heavy atom. The molecule has 0 atom stereocenters. The second kappa shape index (κ2) is 6.85. The summed E-state index contributed by atoms with van der Waals surface area (Å²) < 4.78 is 11.0. The number of pyridine rings is 1. The maximum absolute atomic E-state index is 5.80. The van der Waals surface area contributed by atoms with Crippen molar-refractivity contribution in [1.82, 2.24) is 4.98 Å². The van der Waals surface area contributed by atoms with Crippen LogP contribution in [0.5, 0.6) is 11.5 Å². The maximum Gasteiger partial charge on any atom is 0.142 e. The van der Waals surface area contributed by atoms with Crippen LogP contribution in [0.25, 0.3) is 0 Å². The number of hydrogen-bond acceptors (Lipinski definition) is 4. The lowest BCUT2D eigenvalue weighted by Gasteiger charge is -2.09. The van der Waals surface area contributed by atoms with Crippen molar-refractivity contribution >= 4 is 17.3 Å². The Bertz CT molecular complexity index is 534. The minimum Gasteiger partial charge on any atom is -0.492 e. The fourth-order valence-corrected chi connectivity index (χ4v) is 1.68. The lowest BCUT2D eigenvalue weighted by Crippen LogP contribution is -2.06. The van der Waals surface area contributed by atoms with Gasteiger partial charge >= 0.3 is 0 Å². The van der Waals surface area contributed by atoms with E-state index in [4.69, 9.17) is 26.8 Å². The van der Waals surface area contributed by atoms with Crippen LogP contribution in [0.2, 0.25) is 5.02 Å². The zero-order chi connectivity index (χ0) is 13.5. The highest BCUT2D eigenvalue weighted by Crippen LogP contribution is 2.20. The molecule has 2 N–H and O–H groups in total.